The van der Waals surface area contributed by atoms with Crippen molar-refractivity contribution in [1.29, 1.82) is 0 Å². The molecule has 0 aliphatic rings. The van der Waals surface area contributed by atoms with Gasteiger partial charge in [0.25, 0.3) is 0 Å². The number of aliphatic hydroxyl groups excluding tert-OH is 1. The molecule has 0 spiro atoms. The second kappa shape index (κ2) is 7.62. The van der Waals surface area contributed by atoms with Crippen LogP contribution in [0.15, 0.2) is 18.2 Å². The smallest absolute Gasteiger partial charge is 0.230 e. The molecule has 0 fully saturated rings. The first kappa shape index (κ1) is 16.1. The van der Waals surface area contributed by atoms with Crippen molar-refractivity contribution in [3.05, 3.63) is 29.3 Å². The fourth-order valence-electron chi connectivity index (χ4n) is 1.81. The molecule has 1 amide bonds. The molecule has 0 radical (unpaired) electrons. The lowest BCUT2D eigenvalue weighted by molar-refractivity contribution is -0.683. The zero-order chi connectivity index (χ0) is 15.1. The summed E-state index contributed by atoms with van der Waals surface area (Å²) in [5, 5.41) is 23.7. The van der Waals surface area contributed by atoms with Crippen molar-refractivity contribution >= 4 is 17.6 Å². The number of nitrogens with two attached hydrogens (primary N) is 1. The Balaban J connectivity index is 2.65. The minimum absolute atomic E-state index is 0.150. The minimum atomic E-state index is -1.31. The Morgan fingerprint density at radius 3 is 2.70 bits per heavy atom. The molecule has 0 saturated carbocycles. The monoisotopic (exact) mass is 280 g/mol. The number of carboxylic acid groups (broad SMARTS) is 1. The van der Waals surface area contributed by atoms with E-state index in [1.54, 1.807) is 0 Å². The Hall–Kier alpha value is -1.92. The van der Waals surface area contributed by atoms with E-state index in [9.17, 15) is 14.7 Å². The fourth-order valence-corrected chi connectivity index (χ4v) is 1.81. The summed E-state index contributed by atoms with van der Waals surface area (Å²) < 4.78 is 0. The predicted octanol–water partition coefficient (Wildman–Crippen LogP) is -1.69. The molecule has 0 aliphatic carbocycles. The fraction of sp³-hybridized carbons (Fsp3) is 0.429. The molecule has 6 heteroatoms. The molecule has 1 atom stereocenters. The van der Waals surface area contributed by atoms with Gasteiger partial charge >= 0.3 is 0 Å². The topological polar surface area (TPSA) is 106 Å². The van der Waals surface area contributed by atoms with Gasteiger partial charge in [0.15, 0.2) is 0 Å². The van der Waals surface area contributed by atoms with Gasteiger partial charge in [-0.15, -0.1) is 0 Å². The Morgan fingerprint density at radius 2 is 2.10 bits per heavy atom. The standard InChI is InChI=1S/C14H20N2O4/c1-9-3-4-10(2)11(7-9)16-13(18)8-12(14(19)20)15-5-6-17/h3-4,7,12,15,17H,5-6,8H2,1-2H3,(H,16,18)(H,19,20)/t12-/m0/s1. The van der Waals surface area contributed by atoms with Gasteiger partial charge in [-0.2, -0.15) is 0 Å². The summed E-state index contributed by atoms with van der Waals surface area (Å²) in [6.45, 7) is 3.84. The highest BCUT2D eigenvalue weighted by atomic mass is 16.4. The summed E-state index contributed by atoms with van der Waals surface area (Å²) in [4.78, 5) is 22.8. The van der Waals surface area contributed by atoms with Crippen molar-refractivity contribution in [3.8, 4) is 0 Å². The first-order chi connectivity index (χ1) is 9.43. The maximum absolute atomic E-state index is 11.9. The van der Waals surface area contributed by atoms with Gasteiger partial charge in [0, 0.05) is 5.69 Å². The molecule has 110 valence electrons. The van der Waals surface area contributed by atoms with Gasteiger partial charge in [0.1, 0.15) is 6.04 Å². The Morgan fingerprint density at radius 1 is 1.40 bits per heavy atom. The number of aryl methyl sites for hydroxylation is 2. The van der Waals surface area contributed by atoms with Gasteiger partial charge < -0.3 is 25.6 Å². The molecule has 0 unspecified atom stereocenters. The van der Waals surface area contributed by atoms with Crippen LogP contribution in [0.25, 0.3) is 0 Å². The summed E-state index contributed by atoms with van der Waals surface area (Å²) in [6.07, 6.45) is -0.199. The number of amides is 1. The van der Waals surface area contributed by atoms with E-state index in [1.165, 1.54) is 5.32 Å². The number of carbonyl (C=O) groups is 2. The zero-order valence-corrected chi connectivity index (χ0v) is 11.7. The van der Waals surface area contributed by atoms with E-state index >= 15 is 0 Å². The number of rotatable bonds is 7. The summed E-state index contributed by atoms with van der Waals surface area (Å²) >= 11 is 0. The van der Waals surface area contributed by atoms with Crippen LogP contribution in [0.5, 0.6) is 0 Å². The Labute approximate surface area is 117 Å². The van der Waals surface area contributed by atoms with E-state index in [4.69, 9.17) is 5.11 Å². The third kappa shape index (κ3) is 4.99. The summed E-state index contributed by atoms with van der Waals surface area (Å²) in [5.41, 5.74) is 2.59. The Kier molecular flexibility index (Phi) is 6.14. The van der Waals surface area contributed by atoms with Gasteiger partial charge in [-0.25, -0.2) is 0 Å². The Bertz CT molecular complexity index is 488. The number of hydrogen-bond donors (Lipinski definition) is 3. The largest absolute Gasteiger partial charge is 0.544 e. The first-order valence-electron chi connectivity index (χ1n) is 6.46. The van der Waals surface area contributed by atoms with Crippen LogP contribution in [-0.4, -0.2) is 36.2 Å². The van der Waals surface area contributed by atoms with Crippen LogP contribution < -0.4 is 15.7 Å². The van der Waals surface area contributed by atoms with Gasteiger partial charge in [-0.05, 0) is 31.0 Å². The zero-order valence-electron chi connectivity index (χ0n) is 11.7. The van der Waals surface area contributed by atoms with Crippen molar-refractivity contribution in [3.63, 3.8) is 0 Å². The number of aliphatic carboxylic acids is 1. The van der Waals surface area contributed by atoms with Crippen molar-refractivity contribution in [2.75, 3.05) is 18.5 Å². The van der Waals surface area contributed by atoms with Crippen LogP contribution in [0.4, 0.5) is 5.69 Å². The van der Waals surface area contributed by atoms with Crippen molar-refractivity contribution in [1.82, 2.24) is 0 Å². The summed E-state index contributed by atoms with van der Waals surface area (Å²) in [7, 11) is 0. The maximum atomic E-state index is 11.9. The number of aliphatic hydroxyl groups is 1. The number of carbonyl (C=O) groups excluding carboxylic acids is 2. The van der Waals surface area contributed by atoms with Gasteiger partial charge in [-0.1, -0.05) is 12.1 Å². The van der Waals surface area contributed by atoms with Gasteiger partial charge in [-0.3, -0.25) is 4.79 Å². The molecular formula is C14H20N2O4. The number of nitrogens with one attached hydrogen (secondary N) is 1. The molecule has 0 aliphatic heterocycles. The van der Waals surface area contributed by atoms with Gasteiger partial charge in [0.05, 0.1) is 25.5 Å². The molecular weight excluding hydrogens is 260 g/mol. The van der Waals surface area contributed by atoms with Crippen LogP contribution in [0.1, 0.15) is 17.5 Å². The molecule has 20 heavy (non-hydrogen) atoms. The van der Waals surface area contributed by atoms with Crippen LogP contribution in [0.3, 0.4) is 0 Å². The number of carboxylic acids is 1. The third-order valence-electron chi connectivity index (χ3n) is 2.96. The highest BCUT2D eigenvalue weighted by molar-refractivity contribution is 5.94. The van der Waals surface area contributed by atoms with Crippen molar-refractivity contribution < 1.29 is 25.1 Å². The normalized spacial score (nSPS) is 11.9. The second-order valence-corrected chi connectivity index (χ2v) is 4.74. The first-order valence-corrected chi connectivity index (χ1v) is 6.46. The minimum Gasteiger partial charge on any atom is -0.544 e. The predicted molar refractivity (Wildman–Crippen MR) is 71.8 cm³/mol. The van der Waals surface area contributed by atoms with E-state index < -0.39 is 12.0 Å². The van der Waals surface area contributed by atoms with Crippen molar-refractivity contribution in [2.24, 2.45) is 0 Å². The van der Waals surface area contributed by atoms with E-state index in [0.29, 0.717) is 5.69 Å². The SMILES string of the molecule is Cc1ccc(C)c(NC(=O)C[C@H]([NH2+]CCO)C(=O)[O-])c1. The van der Waals surface area contributed by atoms with E-state index in [1.807, 2.05) is 32.0 Å². The maximum Gasteiger partial charge on any atom is 0.230 e. The summed E-state index contributed by atoms with van der Waals surface area (Å²) in [6, 6.07) is 4.66. The van der Waals surface area contributed by atoms with Gasteiger partial charge in [0.2, 0.25) is 5.91 Å². The number of benzene rings is 1. The molecule has 4 N–H and O–H groups in total. The molecule has 1 rings (SSSR count). The van der Waals surface area contributed by atoms with Crippen LogP contribution in [0, 0.1) is 13.8 Å². The molecule has 1 aromatic carbocycles. The lowest BCUT2D eigenvalue weighted by Gasteiger charge is -2.16. The van der Waals surface area contributed by atoms with Crippen LogP contribution in [0.2, 0.25) is 0 Å². The lowest BCUT2D eigenvalue weighted by Crippen LogP contribution is -2.94. The highest BCUT2D eigenvalue weighted by Gasteiger charge is 2.18. The van der Waals surface area contributed by atoms with E-state index in [-0.39, 0.29) is 25.5 Å². The molecule has 0 aromatic heterocycles. The van der Waals surface area contributed by atoms with E-state index in [0.717, 1.165) is 11.1 Å². The van der Waals surface area contributed by atoms with Crippen molar-refractivity contribution in [2.45, 2.75) is 26.3 Å². The third-order valence-corrected chi connectivity index (χ3v) is 2.96. The molecule has 1 aromatic rings. The average molecular weight is 280 g/mol. The van der Waals surface area contributed by atoms with Crippen LogP contribution in [-0.2, 0) is 9.59 Å². The lowest BCUT2D eigenvalue weighted by atomic mass is 10.1. The number of quaternary nitrogens is 1. The number of anilines is 1. The summed E-state index contributed by atoms with van der Waals surface area (Å²) in [5.74, 6) is -1.70. The number of hydrogen-bond acceptors (Lipinski definition) is 4. The van der Waals surface area contributed by atoms with Crippen LogP contribution >= 0.6 is 0 Å². The molecule has 0 saturated heterocycles. The highest BCUT2D eigenvalue weighted by Crippen LogP contribution is 2.16. The van der Waals surface area contributed by atoms with E-state index in [2.05, 4.69) is 5.32 Å². The molecule has 6 nitrogen and oxygen atoms in total. The quantitative estimate of drug-likeness (QED) is 0.554. The molecule has 0 heterocycles. The second-order valence-electron chi connectivity index (χ2n) is 4.74. The average Bonchev–Trinajstić information content (AvgIpc) is 2.38. The molecule has 0 bridgehead atoms.